The Balaban J connectivity index is 1.77. The molecule has 0 radical (unpaired) electrons. The van der Waals surface area contributed by atoms with E-state index in [0.29, 0.717) is 10.6 Å². The number of nitrogens with one attached hydrogen (secondary N) is 1. The molecule has 0 aromatic heterocycles. The van der Waals surface area contributed by atoms with Crippen LogP contribution < -0.4 is 5.32 Å². The monoisotopic (exact) mass is 271 g/mol. The van der Waals surface area contributed by atoms with Gasteiger partial charge in [0.1, 0.15) is 0 Å². The molecular formula is C16H14ClNO. The Kier molecular flexibility index (Phi) is 3.26. The van der Waals surface area contributed by atoms with Crippen molar-refractivity contribution in [1.29, 1.82) is 0 Å². The third-order valence-electron chi connectivity index (χ3n) is 3.46. The van der Waals surface area contributed by atoms with Crippen molar-refractivity contribution in [3.05, 3.63) is 64.2 Å². The Morgan fingerprint density at radius 2 is 1.74 bits per heavy atom. The zero-order valence-electron chi connectivity index (χ0n) is 10.4. The van der Waals surface area contributed by atoms with Crippen molar-refractivity contribution in [3.63, 3.8) is 0 Å². The van der Waals surface area contributed by atoms with E-state index in [-0.39, 0.29) is 5.91 Å². The Hall–Kier alpha value is -1.80. The minimum Gasteiger partial charge on any atom is -0.322 e. The number of rotatable bonds is 2. The van der Waals surface area contributed by atoms with Gasteiger partial charge in [-0.15, -0.1) is 0 Å². The highest BCUT2D eigenvalue weighted by atomic mass is 35.5. The van der Waals surface area contributed by atoms with E-state index in [1.165, 1.54) is 17.5 Å². The van der Waals surface area contributed by atoms with Crippen LogP contribution in [-0.2, 0) is 12.8 Å². The third kappa shape index (κ3) is 2.64. The molecule has 19 heavy (non-hydrogen) atoms. The highest BCUT2D eigenvalue weighted by Crippen LogP contribution is 2.25. The molecule has 1 aliphatic rings. The molecule has 0 saturated carbocycles. The molecule has 0 fully saturated rings. The lowest BCUT2D eigenvalue weighted by atomic mass is 10.1. The van der Waals surface area contributed by atoms with Crippen molar-refractivity contribution in [2.24, 2.45) is 0 Å². The number of carbonyl (C=O) groups is 1. The van der Waals surface area contributed by atoms with Crippen molar-refractivity contribution in [3.8, 4) is 0 Å². The van der Waals surface area contributed by atoms with Crippen LogP contribution in [0.1, 0.15) is 27.9 Å². The maximum Gasteiger partial charge on any atom is 0.255 e. The second kappa shape index (κ2) is 5.06. The predicted molar refractivity (Wildman–Crippen MR) is 77.9 cm³/mol. The highest BCUT2D eigenvalue weighted by Gasteiger charge is 2.12. The lowest BCUT2D eigenvalue weighted by molar-refractivity contribution is 0.102. The van der Waals surface area contributed by atoms with E-state index < -0.39 is 0 Å². The van der Waals surface area contributed by atoms with Crippen molar-refractivity contribution >= 4 is 23.2 Å². The molecule has 0 atom stereocenters. The van der Waals surface area contributed by atoms with E-state index in [1.54, 1.807) is 24.3 Å². The standard InChI is InChI=1S/C16H14ClNO/c17-14-7-4-12(5-8-14)16(19)18-15-9-6-11-2-1-3-13(11)10-15/h4-10H,1-3H2,(H,18,19). The van der Waals surface area contributed by atoms with Gasteiger partial charge >= 0.3 is 0 Å². The van der Waals surface area contributed by atoms with Crippen LogP contribution in [0.3, 0.4) is 0 Å². The summed E-state index contributed by atoms with van der Waals surface area (Å²) < 4.78 is 0. The molecule has 96 valence electrons. The first-order valence-corrected chi connectivity index (χ1v) is 6.79. The summed E-state index contributed by atoms with van der Waals surface area (Å²) in [5.41, 5.74) is 4.24. The molecule has 1 amide bonds. The van der Waals surface area contributed by atoms with E-state index in [1.807, 2.05) is 6.07 Å². The molecule has 0 spiro atoms. The van der Waals surface area contributed by atoms with E-state index >= 15 is 0 Å². The number of halogens is 1. The van der Waals surface area contributed by atoms with Crippen LogP contribution in [0.4, 0.5) is 5.69 Å². The molecule has 0 aliphatic heterocycles. The molecule has 0 saturated heterocycles. The molecule has 2 nitrogen and oxygen atoms in total. The normalized spacial score (nSPS) is 13.1. The van der Waals surface area contributed by atoms with Crippen molar-refractivity contribution < 1.29 is 4.79 Å². The van der Waals surface area contributed by atoms with Crippen LogP contribution in [0.5, 0.6) is 0 Å². The smallest absolute Gasteiger partial charge is 0.255 e. The van der Waals surface area contributed by atoms with Crippen LogP contribution in [0.15, 0.2) is 42.5 Å². The fourth-order valence-corrected chi connectivity index (χ4v) is 2.58. The largest absolute Gasteiger partial charge is 0.322 e. The van der Waals surface area contributed by atoms with Gasteiger partial charge in [0.2, 0.25) is 0 Å². The number of benzene rings is 2. The summed E-state index contributed by atoms with van der Waals surface area (Å²) in [6, 6.07) is 13.1. The maximum absolute atomic E-state index is 12.1. The average Bonchev–Trinajstić information content (AvgIpc) is 2.87. The second-order valence-electron chi connectivity index (χ2n) is 4.80. The van der Waals surface area contributed by atoms with Crippen LogP contribution in [0.2, 0.25) is 5.02 Å². The number of amides is 1. The molecule has 2 aromatic rings. The van der Waals surface area contributed by atoms with Gasteiger partial charge in [-0.25, -0.2) is 0 Å². The molecule has 1 N–H and O–H groups in total. The molecule has 0 unspecified atom stereocenters. The van der Waals surface area contributed by atoms with Crippen LogP contribution in [-0.4, -0.2) is 5.91 Å². The highest BCUT2D eigenvalue weighted by molar-refractivity contribution is 6.30. The average molecular weight is 272 g/mol. The molecule has 0 heterocycles. The number of anilines is 1. The molecule has 3 rings (SSSR count). The predicted octanol–water partition coefficient (Wildman–Crippen LogP) is 4.08. The van der Waals surface area contributed by atoms with Crippen LogP contribution in [0.25, 0.3) is 0 Å². The van der Waals surface area contributed by atoms with Gasteiger partial charge in [-0.3, -0.25) is 4.79 Å². The Labute approximate surface area is 117 Å². The van der Waals surface area contributed by atoms with Gasteiger partial charge in [0.05, 0.1) is 0 Å². The van der Waals surface area contributed by atoms with Gasteiger partial charge in [0.25, 0.3) is 5.91 Å². The summed E-state index contributed by atoms with van der Waals surface area (Å²) in [5.74, 6) is -0.102. The SMILES string of the molecule is O=C(Nc1ccc2c(c1)CCC2)c1ccc(Cl)cc1. The van der Waals surface area contributed by atoms with Crippen molar-refractivity contribution in [1.82, 2.24) is 0 Å². The number of aryl methyl sites for hydroxylation is 2. The summed E-state index contributed by atoms with van der Waals surface area (Å²) in [4.78, 5) is 12.1. The summed E-state index contributed by atoms with van der Waals surface area (Å²) in [6.45, 7) is 0. The number of fused-ring (bicyclic) bond motifs is 1. The molecule has 1 aliphatic carbocycles. The molecule has 2 aromatic carbocycles. The minimum atomic E-state index is -0.102. The topological polar surface area (TPSA) is 29.1 Å². The van der Waals surface area contributed by atoms with Crippen LogP contribution in [0, 0.1) is 0 Å². The molecule has 3 heteroatoms. The first-order valence-electron chi connectivity index (χ1n) is 6.41. The first kappa shape index (κ1) is 12.2. The Bertz CT molecular complexity index is 619. The van der Waals surface area contributed by atoms with E-state index in [0.717, 1.165) is 18.5 Å². The van der Waals surface area contributed by atoms with Gasteiger partial charge in [0.15, 0.2) is 0 Å². The second-order valence-corrected chi connectivity index (χ2v) is 5.23. The Morgan fingerprint density at radius 1 is 1.00 bits per heavy atom. The zero-order valence-corrected chi connectivity index (χ0v) is 11.2. The lowest BCUT2D eigenvalue weighted by Crippen LogP contribution is -2.11. The van der Waals surface area contributed by atoms with Gasteiger partial charge in [-0.05, 0) is 66.8 Å². The van der Waals surface area contributed by atoms with Crippen molar-refractivity contribution in [2.45, 2.75) is 19.3 Å². The van der Waals surface area contributed by atoms with Gasteiger partial charge in [0, 0.05) is 16.3 Å². The molecule has 0 bridgehead atoms. The lowest BCUT2D eigenvalue weighted by Gasteiger charge is -2.07. The van der Waals surface area contributed by atoms with E-state index in [4.69, 9.17) is 11.6 Å². The van der Waals surface area contributed by atoms with Gasteiger partial charge < -0.3 is 5.32 Å². The van der Waals surface area contributed by atoms with Gasteiger partial charge in [-0.1, -0.05) is 17.7 Å². The first-order chi connectivity index (χ1) is 9.22. The summed E-state index contributed by atoms with van der Waals surface area (Å²) in [6.07, 6.45) is 3.48. The Morgan fingerprint density at radius 3 is 2.53 bits per heavy atom. The molecular weight excluding hydrogens is 258 g/mol. The summed E-state index contributed by atoms with van der Waals surface area (Å²) >= 11 is 5.81. The third-order valence-corrected chi connectivity index (χ3v) is 3.71. The summed E-state index contributed by atoms with van der Waals surface area (Å²) in [7, 11) is 0. The fourth-order valence-electron chi connectivity index (χ4n) is 2.45. The van der Waals surface area contributed by atoms with Gasteiger partial charge in [-0.2, -0.15) is 0 Å². The zero-order chi connectivity index (χ0) is 13.2. The maximum atomic E-state index is 12.1. The van der Waals surface area contributed by atoms with E-state index in [2.05, 4.69) is 17.4 Å². The van der Waals surface area contributed by atoms with E-state index in [9.17, 15) is 4.79 Å². The number of hydrogen-bond donors (Lipinski definition) is 1. The quantitative estimate of drug-likeness (QED) is 0.876. The summed E-state index contributed by atoms with van der Waals surface area (Å²) in [5, 5.41) is 3.56. The number of carbonyl (C=O) groups excluding carboxylic acids is 1. The fraction of sp³-hybridized carbons (Fsp3) is 0.188. The minimum absolute atomic E-state index is 0.102. The number of hydrogen-bond acceptors (Lipinski definition) is 1. The van der Waals surface area contributed by atoms with Crippen LogP contribution >= 0.6 is 11.6 Å². The van der Waals surface area contributed by atoms with Crippen molar-refractivity contribution in [2.75, 3.05) is 5.32 Å².